The van der Waals surface area contributed by atoms with Crippen LogP contribution in [0.5, 0.6) is 0 Å². The number of likely N-dealkylation sites (tertiary alicyclic amines) is 2. The van der Waals surface area contributed by atoms with Gasteiger partial charge in [0.2, 0.25) is 0 Å². The molecule has 0 aromatic heterocycles. The van der Waals surface area contributed by atoms with Crippen LogP contribution in [0.3, 0.4) is 0 Å². The fraction of sp³-hybridized carbons (Fsp3) is 0.588. The highest BCUT2D eigenvalue weighted by molar-refractivity contribution is 5.94. The van der Waals surface area contributed by atoms with Gasteiger partial charge in [-0.2, -0.15) is 0 Å². The Morgan fingerprint density at radius 1 is 1.10 bits per heavy atom. The van der Waals surface area contributed by atoms with Crippen LogP contribution in [-0.2, 0) is 6.54 Å². The molecule has 2 aliphatic rings. The largest absolute Gasteiger partial charge is 0.392 e. The van der Waals surface area contributed by atoms with E-state index in [2.05, 4.69) is 4.90 Å². The molecular weight excluding hydrogens is 264 g/mol. The van der Waals surface area contributed by atoms with Gasteiger partial charge in [-0.1, -0.05) is 12.1 Å². The molecule has 1 unspecified atom stereocenters. The highest BCUT2D eigenvalue weighted by atomic mass is 16.3. The third-order valence-electron chi connectivity index (χ3n) is 4.48. The average Bonchev–Trinajstić information content (AvgIpc) is 3.01. The second-order valence-electron chi connectivity index (χ2n) is 6.23. The molecule has 1 atom stereocenters. The number of β-amino-alcohol motifs (C(OH)–C–C–N with tert-alkyl or cyclic N) is 1. The van der Waals surface area contributed by atoms with Crippen molar-refractivity contribution in [3.8, 4) is 0 Å². The number of piperidine rings is 1. The maximum absolute atomic E-state index is 12.3. The molecule has 1 aromatic rings. The van der Waals surface area contributed by atoms with E-state index in [9.17, 15) is 9.90 Å². The first-order valence-corrected chi connectivity index (χ1v) is 8.01. The predicted molar refractivity (Wildman–Crippen MR) is 82.1 cm³/mol. The molecule has 2 saturated heterocycles. The van der Waals surface area contributed by atoms with E-state index in [-0.39, 0.29) is 12.0 Å². The van der Waals surface area contributed by atoms with Crippen molar-refractivity contribution in [1.82, 2.24) is 9.80 Å². The Balaban J connectivity index is 1.59. The van der Waals surface area contributed by atoms with Crippen LogP contribution in [0, 0.1) is 0 Å². The minimum Gasteiger partial charge on any atom is -0.392 e. The van der Waals surface area contributed by atoms with E-state index < -0.39 is 0 Å². The van der Waals surface area contributed by atoms with Crippen LogP contribution in [0.15, 0.2) is 24.3 Å². The van der Waals surface area contributed by atoms with Gasteiger partial charge in [0, 0.05) is 31.7 Å². The van der Waals surface area contributed by atoms with Crippen LogP contribution >= 0.6 is 0 Å². The van der Waals surface area contributed by atoms with Crippen LogP contribution in [0.2, 0.25) is 0 Å². The summed E-state index contributed by atoms with van der Waals surface area (Å²) in [5.74, 6) is 0.160. The lowest BCUT2D eigenvalue weighted by Gasteiger charge is -2.30. The monoisotopic (exact) mass is 288 g/mol. The Morgan fingerprint density at radius 2 is 1.81 bits per heavy atom. The first-order valence-electron chi connectivity index (χ1n) is 8.01. The molecule has 2 heterocycles. The molecule has 21 heavy (non-hydrogen) atoms. The Hall–Kier alpha value is -1.39. The van der Waals surface area contributed by atoms with E-state index >= 15 is 0 Å². The van der Waals surface area contributed by atoms with Crippen LogP contribution in [-0.4, -0.2) is 53.1 Å². The molecule has 1 N–H and O–H groups in total. The molecule has 1 amide bonds. The van der Waals surface area contributed by atoms with Crippen molar-refractivity contribution in [3.63, 3.8) is 0 Å². The van der Waals surface area contributed by atoms with E-state index in [4.69, 9.17) is 0 Å². The van der Waals surface area contributed by atoms with E-state index in [0.717, 1.165) is 64.0 Å². The third-order valence-corrected chi connectivity index (χ3v) is 4.48. The minimum absolute atomic E-state index is 0.160. The Morgan fingerprint density at radius 3 is 2.48 bits per heavy atom. The predicted octanol–water partition coefficient (Wildman–Crippen LogP) is 1.88. The van der Waals surface area contributed by atoms with Gasteiger partial charge in [-0.15, -0.1) is 0 Å². The molecule has 0 radical (unpaired) electrons. The van der Waals surface area contributed by atoms with E-state index in [1.165, 1.54) is 5.56 Å². The number of hydrogen-bond acceptors (Lipinski definition) is 3. The highest BCUT2D eigenvalue weighted by Gasteiger charge is 2.20. The normalized spacial score (nSPS) is 23.5. The van der Waals surface area contributed by atoms with Gasteiger partial charge in [-0.05, 0) is 49.9 Å². The average molecular weight is 288 g/mol. The number of benzene rings is 1. The lowest BCUT2D eigenvalue weighted by Crippen LogP contribution is -2.37. The summed E-state index contributed by atoms with van der Waals surface area (Å²) >= 11 is 0. The number of nitrogens with zero attached hydrogens (tertiary/aromatic N) is 2. The van der Waals surface area contributed by atoms with E-state index in [0.29, 0.717) is 0 Å². The smallest absolute Gasteiger partial charge is 0.253 e. The first kappa shape index (κ1) is 14.5. The molecule has 0 saturated carbocycles. The topological polar surface area (TPSA) is 43.8 Å². The van der Waals surface area contributed by atoms with Crippen LogP contribution in [0.4, 0.5) is 0 Å². The number of aliphatic hydroxyl groups excluding tert-OH is 1. The van der Waals surface area contributed by atoms with Gasteiger partial charge in [-0.3, -0.25) is 9.69 Å². The lowest BCUT2D eigenvalue weighted by molar-refractivity contribution is 0.0668. The Bertz CT molecular complexity index is 480. The third kappa shape index (κ3) is 3.63. The molecular formula is C17H24N2O2. The highest BCUT2D eigenvalue weighted by Crippen LogP contribution is 2.16. The fourth-order valence-electron chi connectivity index (χ4n) is 3.29. The summed E-state index contributed by atoms with van der Waals surface area (Å²) in [5.41, 5.74) is 2.00. The van der Waals surface area contributed by atoms with Gasteiger partial charge >= 0.3 is 0 Å². The number of carbonyl (C=O) groups is 1. The maximum Gasteiger partial charge on any atom is 0.253 e. The van der Waals surface area contributed by atoms with Gasteiger partial charge in [0.1, 0.15) is 0 Å². The standard InChI is InChI=1S/C17H24N2O2/c20-16-4-3-9-18(13-16)12-14-5-7-15(8-6-14)17(21)19-10-1-2-11-19/h5-8,16,20H,1-4,9-13H2. The summed E-state index contributed by atoms with van der Waals surface area (Å²) in [6.07, 6.45) is 4.05. The van der Waals surface area contributed by atoms with Crippen LogP contribution in [0.25, 0.3) is 0 Å². The van der Waals surface area contributed by atoms with Crippen molar-refractivity contribution in [3.05, 3.63) is 35.4 Å². The minimum atomic E-state index is -0.185. The van der Waals surface area contributed by atoms with Crippen molar-refractivity contribution >= 4 is 5.91 Å². The van der Waals surface area contributed by atoms with Gasteiger partial charge in [-0.25, -0.2) is 0 Å². The molecule has 4 heteroatoms. The second-order valence-corrected chi connectivity index (χ2v) is 6.23. The molecule has 0 aliphatic carbocycles. The van der Waals surface area contributed by atoms with Crippen molar-refractivity contribution in [2.75, 3.05) is 26.2 Å². The molecule has 4 nitrogen and oxygen atoms in total. The Kier molecular flexibility index (Phi) is 4.56. The molecule has 114 valence electrons. The van der Waals surface area contributed by atoms with Crippen molar-refractivity contribution in [2.45, 2.75) is 38.3 Å². The SMILES string of the molecule is O=C(c1ccc(CN2CCCC(O)C2)cc1)N1CCCC1. The zero-order valence-electron chi connectivity index (χ0n) is 12.5. The van der Waals surface area contributed by atoms with Crippen molar-refractivity contribution < 1.29 is 9.90 Å². The van der Waals surface area contributed by atoms with Gasteiger partial charge in [0.25, 0.3) is 5.91 Å². The summed E-state index contributed by atoms with van der Waals surface area (Å²) in [7, 11) is 0. The molecule has 1 aromatic carbocycles. The second kappa shape index (κ2) is 6.58. The van der Waals surface area contributed by atoms with Gasteiger partial charge < -0.3 is 10.0 Å². The quantitative estimate of drug-likeness (QED) is 0.923. The van der Waals surface area contributed by atoms with Crippen LogP contribution in [0.1, 0.15) is 41.6 Å². The number of rotatable bonds is 3. The Labute approximate surface area is 126 Å². The number of carbonyl (C=O) groups excluding carboxylic acids is 1. The maximum atomic E-state index is 12.3. The lowest BCUT2D eigenvalue weighted by atomic mass is 10.1. The van der Waals surface area contributed by atoms with Crippen molar-refractivity contribution in [1.29, 1.82) is 0 Å². The van der Waals surface area contributed by atoms with E-state index in [1.54, 1.807) is 0 Å². The summed E-state index contributed by atoms with van der Waals surface area (Å²) < 4.78 is 0. The van der Waals surface area contributed by atoms with Crippen molar-refractivity contribution in [2.24, 2.45) is 0 Å². The number of hydrogen-bond donors (Lipinski definition) is 1. The van der Waals surface area contributed by atoms with Gasteiger partial charge in [0.15, 0.2) is 0 Å². The zero-order valence-corrected chi connectivity index (χ0v) is 12.5. The molecule has 2 fully saturated rings. The summed E-state index contributed by atoms with van der Waals surface area (Å²) in [4.78, 5) is 16.5. The van der Waals surface area contributed by atoms with Gasteiger partial charge in [0.05, 0.1) is 6.10 Å². The summed E-state index contributed by atoms with van der Waals surface area (Å²) in [6.45, 7) is 4.45. The van der Waals surface area contributed by atoms with Crippen LogP contribution < -0.4 is 0 Å². The summed E-state index contributed by atoms with van der Waals surface area (Å²) in [5, 5.41) is 9.70. The number of amides is 1. The molecule has 2 aliphatic heterocycles. The zero-order chi connectivity index (χ0) is 14.7. The fourth-order valence-corrected chi connectivity index (χ4v) is 3.29. The molecule has 0 spiro atoms. The first-order chi connectivity index (χ1) is 10.2. The molecule has 0 bridgehead atoms. The van der Waals surface area contributed by atoms with E-state index in [1.807, 2.05) is 29.2 Å². The molecule has 3 rings (SSSR count). The number of aliphatic hydroxyl groups is 1. The summed E-state index contributed by atoms with van der Waals surface area (Å²) in [6, 6.07) is 7.97.